The highest BCUT2D eigenvalue weighted by Gasteiger charge is 2.17. The van der Waals surface area contributed by atoms with Crippen molar-refractivity contribution in [3.05, 3.63) is 47.8 Å². The third kappa shape index (κ3) is 3.00. The van der Waals surface area contributed by atoms with Crippen LogP contribution in [0.1, 0.15) is 46.1 Å². The number of carboxylic acids is 1. The van der Waals surface area contributed by atoms with Crippen LogP contribution in [-0.2, 0) is 0 Å². The molecule has 0 aromatic carbocycles. The first-order valence-electron chi connectivity index (χ1n) is 6.11. The molecule has 0 fully saturated rings. The molecular weight excluding hydrogens is 260 g/mol. The number of amides is 1. The minimum absolute atomic E-state index is 0.0413. The summed E-state index contributed by atoms with van der Waals surface area (Å²) in [6, 6.07) is 2.49. The molecule has 1 amide bonds. The Labute approximate surface area is 115 Å². The van der Waals surface area contributed by atoms with Gasteiger partial charge in [-0.05, 0) is 18.6 Å². The van der Waals surface area contributed by atoms with Crippen molar-refractivity contribution in [2.45, 2.75) is 19.4 Å². The van der Waals surface area contributed by atoms with Crippen LogP contribution in [-0.4, -0.2) is 31.9 Å². The zero-order chi connectivity index (χ0) is 14.5. The predicted octanol–water partition coefficient (Wildman–Crippen LogP) is 1.38. The molecule has 1 atom stereocenters. The number of imidazole rings is 1. The number of aromatic nitrogens is 3. The molecule has 0 bridgehead atoms. The van der Waals surface area contributed by atoms with Gasteiger partial charge in [-0.1, -0.05) is 6.92 Å². The number of nitrogens with zero attached hydrogens (tertiary/aromatic N) is 2. The molecule has 7 nitrogen and oxygen atoms in total. The summed E-state index contributed by atoms with van der Waals surface area (Å²) in [5, 5.41) is 11.6. The highest BCUT2D eigenvalue weighted by atomic mass is 16.4. The molecule has 20 heavy (non-hydrogen) atoms. The van der Waals surface area contributed by atoms with Gasteiger partial charge < -0.3 is 15.4 Å². The number of hydrogen-bond acceptors (Lipinski definition) is 4. The van der Waals surface area contributed by atoms with E-state index in [4.69, 9.17) is 5.11 Å². The van der Waals surface area contributed by atoms with Crippen LogP contribution < -0.4 is 5.32 Å². The minimum atomic E-state index is -1.08. The number of nitrogens with one attached hydrogen (secondary N) is 2. The maximum atomic E-state index is 12.0. The predicted molar refractivity (Wildman–Crippen MR) is 70.3 cm³/mol. The summed E-state index contributed by atoms with van der Waals surface area (Å²) in [4.78, 5) is 33.6. The lowest BCUT2D eigenvalue weighted by molar-refractivity contribution is 0.0695. The Morgan fingerprint density at radius 3 is 2.70 bits per heavy atom. The van der Waals surface area contributed by atoms with E-state index < -0.39 is 5.97 Å². The monoisotopic (exact) mass is 274 g/mol. The molecule has 0 aliphatic rings. The quantitative estimate of drug-likeness (QED) is 0.763. The van der Waals surface area contributed by atoms with Crippen LogP contribution in [0.15, 0.2) is 30.7 Å². The van der Waals surface area contributed by atoms with E-state index in [2.05, 4.69) is 20.3 Å². The van der Waals surface area contributed by atoms with E-state index in [1.807, 2.05) is 6.92 Å². The van der Waals surface area contributed by atoms with Gasteiger partial charge in [0.05, 0.1) is 11.6 Å². The maximum absolute atomic E-state index is 12.0. The summed E-state index contributed by atoms with van der Waals surface area (Å²) >= 11 is 0. The van der Waals surface area contributed by atoms with E-state index >= 15 is 0 Å². The van der Waals surface area contributed by atoms with Gasteiger partial charge in [0.15, 0.2) is 0 Å². The number of carbonyl (C=O) groups excluding carboxylic acids is 1. The normalized spacial score (nSPS) is 11.8. The Hall–Kier alpha value is -2.70. The van der Waals surface area contributed by atoms with Crippen molar-refractivity contribution in [2.24, 2.45) is 0 Å². The number of pyridine rings is 1. The highest BCUT2D eigenvalue weighted by Crippen LogP contribution is 2.12. The lowest BCUT2D eigenvalue weighted by atomic mass is 10.2. The van der Waals surface area contributed by atoms with Gasteiger partial charge in [0, 0.05) is 18.6 Å². The molecule has 0 spiro atoms. The summed E-state index contributed by atoms with van der Waals surface area (Å²) in [5.41, 5.74) is 0.208. The number of H-pyrrole nitrogens is 1. The zero-order valence-corrected chi connectivity index (χ0v) is 10.8. The Kier molecular flexibility index (Phi) is 4.09. The summed E-state index contributed by atoms with van der Waals surface area (Å²) in [7, 11) is 0. The van der Waals surface area contributed by atoms with Gasteiger partial charge in [-0.3, -0.25) is 9.78 Å². The largest absolute Gasteiger partial charge is 0.478 e. The lowest BCUT2D eigenvalue weighted by Crippen LogP contribution is -2.29. The zero-order valence-electron chi connectivity index (χ0n) is 10.8. The topological polar surface area (TPSA) is 108 Å². The van der Waals surface area contributed by atoms with Crippen LogP contribution in [0.5, 0.6) is 0 Å². The van der Waals surface area contributed by atoms with Crippen LogP contribution in [0.25, 0.3) is 0 Å². The molecule has 2 heterocycles. The van der Waals surface area contributed by atoms with E-state index in [0.717, 1.165) is 6.20 Å². The van der Waals surface area contributed by atoms with Gasteiger partial charge in [-0.2, -0.15) is 0 Å². The number of aromatic amines is 1. The summed E-state index contributed by atoms with van der Waals surface area (Å²) in [5.74, 6) is -0.778. The maximum Gasteiger partial charge on any atom is 0.337 e. The minimum Gasteiger partial charge on any atom is -0.478 e. The van der Waals surface area contributed by atoms with Crippen LogP contribution in [0, 0.1) is 0 Å². The van der Waals surface area contributed by atoms with E-state index in [1.54, 1.807) is 12.4 Å². The van der Waals surface area contributed by atoms with Crippen molar-refractivity contribution in [1.29, 1.82) is 0 Å². The number of rotatable bonds is 5. The van der Waals surface area contributed by atoms with Crippen molar-refractivity contribution < 1.29 is 14.7 Å². The SMILES string of the molecule is CCC(NC(=O)c1ccc(C(=O)O)cn1)c1ncc[nH]1. The Bertz CT molecular complexity index is 593. The van der Waals surface area contributed by atoms with Crippen LogP contribution in [0.4, 0.5) is 0 Å². The van der Waals surface area contributed by atoms with E-state index in [-0.39, 0.29) is 23.2 Å². The van der Waals surface area contributed by atoms with Gasteiger partial charge in [-0.15, -0.1) is 0 Å². The van der Waals surface area contributed by atoms with Crippen LogP contribution in [0.2, 0.25) is 0 Å². The first kappa shape index (κ1) is 13.7. The molecule has 1 unspecified atom stereocenters. The molecule has 0 saturated carbocycles. The third-order valence-corrected chi connectivity index (χ3v) is 2.81. The van der Waals surface area contributed by atoms with Gasteiger partial charge in [-0.25, -0.2) is 9.78 Å². The number of carbonyl (C=O) groups is 2. The van der Waals surface area contributed by atoms with Crippen molar-refractivity contribution in [1.82, 2.24) is 20.3 Å². The fourth-order valence-corrected chi connectivity index (χ4v) is 1.72. The summed E-state index contributed by atoms with van der Waals surface area (Å²) in [6.45, 7) is 1.93. The molecule has 7 heteroatoms. The summed E-state index contributed by atoms with van der Waals surface area (Å²) < 4.78 is 0. The second-order valence-corrected chi connectivity index (χ2v) is 4.15. The van der Waals surface area contributed by atoms with E-state index in [9.17, 15) is 9.59 Å². The molecule has 0 saturated heterocycles. The third-order valence-electron chi connectivity index (χ3n) is 2.81. The van der Waals surface area contributed by atoms with Crippen molar-refractivity contribution in [3.8, 4) is 0 Å². The van der Waals surface area contributed by atoms with Gasteiger partial charge in [0.25, 0.3) is 5.91 Å². The average molecular weight is 274 g/mol. The lowest BCUT2D eigenvalue weighted by Gasteiger charge is -2.14. The van der Waals surface area contributed by atoms with Gasteiger partial charge >= 0.3 is 5.97 Å². The molecule has 3 N–H and O–H groups in total. The first-order chi connectivity index (χ1) is 9.61. The van der Waals surface area contributed by atoms with Gasteiger partial charge in [0.1, 0.15) is 11.5 Å². The average Bonchev–Trinajstić information content (AvgIpc) is 2.98. The number of hydrogen-bond donors (Lipinski definition) is 3. The Morgan fingerprint density at radius 2 is 2.20 bits per heavy atom. The molecule has 0 radical (unpaired) electrons. The van der Waals surface area contributed by atoms with Crippen molar-refractivity contribution in [3.63, 3.8) is 0 Å². The fraction of sp³-hybridized carbons (Fsp3) is 0.231. The molecular formula is C13H14N4O3. The number of carboxylic acid groups (broad SMARTS) is 1. The summed E-state index contributed by atoms with van der Waals surface area (Å²) in [6.07, 6.45) is 5.13. The number of aromatic carboxylic acids is 1. The molecule has 0 aliphatic carbocycles. The molecule has 104 valence electrons. The molecule has 2 aromatic rings. The second-order valence-electron chi connectivity index (χ2n) is 4.15. The smallest absolute Gasteiger partial charge is 0.337 e. The van der Waals surface area contributed by atoms with Crippen molar-refractivity contribution >= 4 is 11.9 Å². The van der Waals surface area contributed by atoms with E-state index in [0.29, 0.717) is 12.2 Å². The Morgan fingerprint density at radius 1 is 1.40 bits per heavy atom. The molecule has 2 rings (SSSR count). The molecule has 2 aromatic heterocycles. The fourth-order valence-electron chi connectivity index (χ4n) is 1.72. The van der Waals surface area contributed by atoms with Crippen LogP contribution >= 0.6 is 0 Å². The molecule has 0 aliphatic heterocycles. The highest BCUT2D eigenvalue weighted by molar-refractivity contribution is 5.93. The first-order valence-corrected chi connectivity index (χ1v) is 6.11. The standard InChI is InChI=1S/C13H14N4O3/c1-2-9(11-14-5-6-15-11)17-12(18)10-4-3-8(7-16-10)13(19)20/h3-7,9H,2H2,1H3,(H,14,15)(H,17,18)(H,19,20). The Balaban J connectivity index is 2.09. The van der Waals surface area contributed by atoms with E-state index in [1.165, 1.54) is 12.1 Å². The second kappa shape index (κ2) is 5.96. The van der Waals surface area contributed by atoms with Crippen molar-refractivity contribution in [2.75, 3.05) is 0 Å². The van der Waals surface area contributed by atoms with Gasteiger partial charge in [0.2, 0.25) is 0 Å². The van der Waals surface area contributed by atoms with Crippen LogP contribution in [0.3, 0.4) is 0 Å².